The molecule has 0 aromatic carbocycles. The second kappa shape index (κ2) is 6.27. The first-order valence-electron chi connectivity index (χ1n) is 7.66. The van der Waals surface area contributed by atoms with Crippen molar-refractivity contribution >= 4 is 45.7 Å². The van der Waals surface area contributed by atoms with Crippen molar-refractivity contribution in [1.82, 2.24) is 4.90 Å². The van der Waals surface area contributed by atoms with Crippen molar-refractivity contribution in [3.05, 3.63) is 66.2 Å². The van der Waals surface area contributed by atoms with Gasteiger partial charge in [-0.1, -0.05) is 6.07 Å². The van der Waals surface area contributed by atoms with Crippen LogP contribution in [-0.2, 0) is 6.42 Å². The number of hydrogen-bond acceptors (Lipinski definition) is 5. The van der Waals surface area contributed by atoms with Gasteiger partial charge in [-0.2, -0.15) is 0 Å². The first kappa shape index (κ1) is 15.7. The molecule has 3 aromatic heterocycles. The summed E-state index contributed by atoms with van der Waals surface area (Å²) >= 11 is 4.74. The fraction of sp³-hybridized carbons (Fsp3) is 0.222. The van der Waals surface area contributed by atoms with Gasteiger partial charge in [0.05, 0.1) is 15.8 Å². The Balaban J connectivity index is 1.73. The molecule has 0 N–H and O–H groups in total. The molecule has 0 bridgehead atoms. The Morgan fingerprint density at radius 2 is 1.92 bits per heavy atom. The fourth-order valence-electron chi connectivity index (χ4n) is 3.07. The number of hydrogen-bond donors (Lipinski definition) is 0. The molecule has 4 rings (SSSR count). The van der Waals surface area contributed by atoms with Crippen molar-refractivity contribution in [1.29, 1.82) is 0 Å². The molecule has 0 radical (unpaired) electrons. The van der Waals surface area contributed by atoms with Crippen molar-refractivity contribution in [3.8, 4) is 0 Å². The molecular weight excluding hydrogens is 358 g/mol. The van der Waals surface area contributed by atoms with Crippen LogP contribution in [0.2, 0.25) is 0 Å². The second-order valence-corrected chi connectivity index (χ2v) is 8.75. The van der Waals surface area contributed by atoms with Crippen LogP contribution in [-0.4, -0.2) is 23.1 Å². The summed E-state index contributed by atoms with van der Waals surface area (Å²) < 4.78 is 0. The Labute approximate surface area is 152 Å². The molecule has 122 valence electrons. The highest BCUT2D eigenvalue weighted by atomic mass is 32.1. The van der Waals surface area contributed by atoms with Gasteiger partial charge in [0.25, 0.3) is 5.91 Å². The molecule has 1 amide bonds. The van der Waals surface area contributed by atoms with Crippen molar-refractivity contribution in [2.45, 2.75) is 19.4 Å². The number of Topliss-reactive ketones (excluding diaryl/α,β-unsaturated/α-hetero) is 1. The summed E-state index contributed by atoms with van der Waals surface area (Å²) in [6.07, 6.45) is 0.894. The molecule has 3 nitrogen and oxygen atoms in total. The topological polar surface area (TPSA) is 37.4 Å². The van der Waals surface area contributed by atoms with Gasteiger partial charge in [-0.3, -0.25) is 9.59 Å². The van der Waals surface area contributed by atoms with Gasteiger partial charge in [0, 0.05) is 16.3 Å². The molecule has 0 spiro atoms. The fourth-order valence-corrected chi connectivity index (χ4v) is 5.69. The molecule has 1 atom stereocenters. The van der Waals surface area contributed by atoms with Gasteiger partial charge in [-0.25, -0.2) is 0 Å². The van der Waals surface area contributed by atoms with Gasteiger partial charge in [-0.05, 0) is 53.9 Å². The quantitative estimate of drug-likeness (QED) is 0.615. The highest BCUT2D eigenvalue weighted by Crippen LogP contribution is 2.40. The molecule has 0 saturated carbocycles. The van der Waals surface area contributed by atoms with Gasteiger partial charge < -0.3 is 4.90 Å². The zero-order chi connectivity index (χ0) is 16.7. The monoisotopic (exact) mass is 373 g/mol. The first-order valence-corrected chi connectivity index (χ1v) is 10.2. The van der Waals surface area contributed by atoms with E-state index in [4.69, 9.17) is 0 Å². The molecule has 1 aliphatic heterocycles. The number of carbonyl (C=O) groups excluding carboxylic acids is 2. The highest BCUT2D eigenvalue weighted by molar-refractivity contribution is 7.16. The molecule has 0 aliphatic carbocycles. The van der Waals surface area contributed by atoms with Gasteiger partial charge in [0.1, 0.15) is 0 Å². The summed E-state index contributed by atoms with van der Waals surface area (Å²) in [5.41, 5.74) is 1.24. The van der Waals surface area contributed by atoms with Crippen LogP contribution in [0.15, 0.2) is 41.1 Å². The Morgan fingerprint density at radius 1 is 1.08 bits per heavy atom. The summed E-state index contributed by atoms with van der Waals surface area (Å²) in [4.78, 5) is 30.4. The number of carbonyl (C=O) groups is 2. The summed E-state index contributed by atoms with van der Waals surface area (Å²) in [5.74, 6) is 0.0235. The molecule has 1 aliphatic rings. The highest BCUT2D eigenvalue weighted by Gasteiger charge is 2.34. The van der Waals surface area contributed by atoms with E-state index in [1.54, 1.807) is 34.8 Å². The first-order chi connectivity index (χ1) is 11.6. The van der Waals surface area contributed by atoms with E-state index in [9.17, 15) is 9.59 Å². The largest absolute Gasteiger partial charge is 0.326 e. The van der Waals surface area contributed by atoms with E-state index < -0.39 is 0 Å². The van der Waals surface area contributed by atoms with Crippen LogP contribution in [0.4, 0.5) is 0 Å². The van der Waals surface area contributed by atoms with Crippen molar-refractivity contribution < 1.29 is 9.59 Å². The molecule has 4 heterocycles. The predicted octanol–water partition coefficient (Wildman–Crippen LogP) is 4.86. The third-order valence-electron chi connectivity index (χ3n) is 4.20. The summed E-state index contributed by atoms with van der Waals surface area (Å²) in [6, 6.07) is 9.77. The second-order valence-electron chi connectivity index (χ2n) is 5.69. The summed E-state index contributed by atoms with van der Waals surface area (Å²) in [7, 11) is 0. The summed E-state index contributed by atoms with van der Waals surface area (Å²) in [6.45, 7) is 2.25. The third kappa shape index (κ3) is 2.64. The molecule has 24 heavy (non-hydrogen) atoms. The predicted molar refractivity (Wildman–Crippen MR) is 99.5 cm³/mol. The normalized spacial score (nSPS) is 16.9. The minimum Gasteiger partial charge on any atom is -0.326 e. The molecular formula is C18H15NO2S3. The lowest BCUT2D eigenvalue weighted by Gasteiger charge is -2.35. The zero-order valence-electron chi connectivity index (χ0n) is 13.0. The minimum absolute atomic E-state index is 0.00706. The molecule has 0 fully saturated rings. The number of thiophene rings is 3. The van der Waals surface area contributed by atoms with Gasteiger partial charge in [0.2, 0.25) is 0 Å². The van der Waals surface area contributed by atoms with E-state index in [1.807, 2.05) is 11.0 Å². The van der Waals surface area contributed by atoms with Gasteiger partial charge in [0.15, 0.2) is 5.78 Å². The van der Waals surface area contributed by atoms with Crippen molar-refractivity contribution in [3.63, 3.8) is 0 Å². The van der Waals surface area contributed by atoms with E-state index in [1.165, 1.54) is 33.6 Å². The van der Waals surface area contributed by atoms with Crippen LogP contribution in [0, 0.1) is 0 Å². The van der Waals surface area contributed by atoms with Crippen LogP contribution in [0.3, 0.4) is 0 Å². The SMILES string of the molecule is CC(=O)c1ccc(C(=O)N2CCc3sccc3[C@H]2c2cccs2)s1. The molecule has 0 saturated heterocycles. The smallest absolute Gasteiger partial charge is 0.264 e. The maximum Gasteiger partial charge on any atom is 0.264 e. The lowest BCUT2D eigenvalue weighted by molar-refractivity contribution is 0.0703. The van der Waals surface area contributed by atoms with Crippen LogP contribution in [0.25, 0.3) is 0 Å². The summed E-state index contributed by atoms with van der Waals surface area (Å²) in [5, 5.41) is 4.16. The van der Waals surface area contributed by atoms with E-state index >= 15 is 0 Å². The standard InChI is InChI=1S/C18H15NO2S3/c1-11(20)13-4-5-16(24-13)18(21)19-8-6-14-12(7-10-23-14)17(19)15-3-2-9-22-15/h2-5,7,9-10,17H,6,8H2,1H3/t17-/m0/s1. The lowest BCUT2D eigenvalue weighted by atomic mass is 9.98. The average Bonchev–Trinajstić information content (AvgIpc) is 3.33. The van der Waals surface area contributed by atoms with Crippen molar-refractivity contribution in [2.75, 3.05) is 6.54 Å². The van der Waals surface area contributed by atoms with Gasteiger partial charge in [-0.15, -0.1) is 34.0 Å². The molecule has 3 aromatic rings. The van der Waals surface area contributed by atoms with Crippen molar-refractivity contribution in [2.24, 2.45) is 0 Å². The average molecular weight is 374 g/mol. The zero-order valence-corrected chi connectivity index (χ0v) is 15.5. The number of amides is 1. The number of ketones is 1. The number of nitrogens with zero attached hydrogens (tertiary/aromatic N) is 1. The van der Waals surface area contributed by atoms with E-state index in [0.717, 1.165) is 6.42 Å². The van der Waals surface area contributed by atoms with E-state index in [-0.39, 0.29) is 17.7 Å². The molecule has 6 heteroatoms. The van der Waals surface area contributed by atoms with Gasteiger partial charge >= 0.3 is 0 Å². The maximum absolute atomic E-state index is 13.1. The minimum atomic E-state index is -0.0182. The van der Waals surface area contributed by atoms with E-state index in [0.29, 0.717) is 16.3 Å². The molecule has 0 unspecified atom stereocenters. The third-order valence-corrected chi connectivity index (χ3v) is 7.30. The number of fused-ring (bicyclic) bond motifs is 1. The Bertz CT molecular complexity index is 891. The van der Waals surface area contributed by atoms with Crippen LogP contribution in [0.1, 0.15) is 47.6 Å². The Hall–Kier alpha value is -1.76. The van der Waals surface area contributed by atoms with Crippen LogP contribution < -0.4 is 0 Å². The maximum atomic E-state index is 13.1. The number of rotatable bonds is 3. The lowest BCUT2D eigenvalue weighted by Crippen LogP contribution is -2.39. The van der Waals surface area contributed by atoms with Crippen LogP contribution in [0.5, 0.6) is 0 Å². The Morgan fingerprint density at radius 3 is 2.62 bits per heavy atom. The van der Waals surface area contributed by atoms with Crippen LogP contribution >= 0.6 is 34.0 Å². The van der Waals surface area contributed by atoms with E-state index in [2.05, 4.69) is 22.9 Å². The Kier molecular flexibility index (Phi) is 4.12.